The molecule has 0 spiro atoms. The van der Waals surface area contributed by atoms with Crippen molar-refractivity contribution in [2.75, 3.05) is 19.6 Å². The van der Waals surface area contributed by atoms with E-state index in [4.69, 9.17) is 4.52 Å². The zero-order valence-corrected chi connectivity index (χ0v) is 19.1. The Bertz CT molecular complexity index is 1360. The van der Waals surface area contributed by atoms with Gasteiger partial charge in [-0.15, -0.1) is 0 Å². The Kier molecular flexibility index (Phi) is 6.52. The van der Waals surface area contributed by atoms with E-state index in [1.165, 1.54) is 12.1 Å². The summed E-state index contributed by atoms with van der Waals surface area (Å²) in [6.45, 7) is 0.983. The van der Waals surface area contributed by atoms with Crippen molar-refractivity contribution in [3.8, 4) is 11.4 Å². The largest absolute Gasteiger partial charge is 0.347 e. The van der Waals surface area contributed by atoms with Crippen molar-refractivity contribution in [2.45, 2.75) is 25.2 Å². The number of carbonyl (C=O) groups is 2. The van der Waals surface area contributed by atoms with Gasteiger partial charge in [-0.05, 0) is 41.3 Å². The fourth-order valence-electron chi connectivity index (χ4n) is 4.52. The lowest BCUT2D eigenvalue weighted by Gasteiger charge is -2.31. The molecule has 1 aliphatic rings. The van der Waals surface area contributed by atoms with Crippen LogP contribution < -0.4 is 5.32 Å². The topological polar surface area (TPSA) is 88.3 Å². The van der Waals surface area contributed by atoms with Crippen molar-refractivity contribution in [1.82, 2.24) is 20.4 Å². The summed E-state index contributed by atoms with van der Waals surface area (Å²) in [6, 6.07) is 19.8. The Morgan fingerprint density at radius 1 is 1.09 bits per heavy atom. The number of nitrogens with one attached hydrogen (secondary N) is 1. The highest BCUT2D eigenvalue weighted by Crippen LogP contribution is 2.28. The molecule has 3 aromatic carbocycles. The molecule has 0 bridgehead atoms. The molecular formula is C27H25FN4O3. The van der Waals surface area contributed by atoms with Gasteiger partial charge in [-0.1, -0.05) is 59.8 Å². The molecule has 0 saturated carbocycles. The normalized spacial score (nSPS) is 15.8. The minimum Gasteiger partial charge on any atom is -0.347 e. The smallest absolute Gasteiger partial charge is 0.241 e. The Morgan fingerprint density at radius 3 is 2.80 bits per heavy atom. The third-order valence-corrected chi connectivity index (χ3v) is 6.32. The molecule has 1 N–H and O–H groups in total. The molecule has 1 unspecified atom stereocenters. The van der Waals surface area contributed by atoms with E-state index in [0.717, 1.165) is 29.2 Å². The number of benzene rings is 3. The maximum Gasteiger partial charge on any atom is 0.241 e. The number of nitrogens with zero attached hydrogens (tertiary/aromatic N) is 3. The monoisotopic (exact) mass is 472 g/mol. The number of hydrogen-bond acceptors (Lipinski definition) is 5. The highest BCUT2D eigenvalue weighted by Gasteiger charge is 2.29. The van der Waals surface area contributed by atoms with E-state index in [-0.39, 0.29) is 36.5 Å². The quantitative estimate of drug-likeness (QED) is 0.457. The van der Waals surface area contributed by atoms with Crippen LogP contribution in [-0.2, 0) is 16.0 Å². The number of aromatic nitrogens is 2. The van der Waals surface area contributed by atoms with Gasteiger partial charge in [0.15, 0.2) is 0 Å². The van der Waals surface area contributed by atoms with Crippen LogP contribution in [0.2, 0.25) is 0 Å². The van der Waals surface area contributed by atoms with Gasteiger partial charge in [0, 0.05) is 18.7 Å². The van der Waals surface area contributed by atoms with E-state index in [9.17, 15) is 14.0 Å². The number of hydrogen-bond donors (Lipinski definition) is 1. The van der Waals surface area contributed by atoms with Crippen molar-refractivity contribution in [3.63, 3.8) is 0 Å². The predicted octanol–water partition coefficient (Wildman–Crippen LogP) is 4.09. The maximum absolute atomic E-state index is 13.5. The summed E-state index contributed by atoms with van der Waals surface area (Å²) in [4.78, 5) is 31.5. The molecule has 2 amide bonds. The molecular weight excluding hydrogens is 447 g/mol. The molecule has 1 aromatic heterocycles. The Morgan fingerprint density at radius 2 is 1.91 bits per heavy atom. The van der Waals surface area contributed by atoms with Gasteiger partial charge in [0.2, 0.25) is 23.5 Å². The summed E-state index contributed by atoms with van der Waals surface area (Å²) < 4.78 is 18.9. The van der Waals surface area contributed by atoms with Crippen LogP contribution in [0, 0.1) is 5.82 Å². The van der Waals surface area contributed by atoms with Crippen molar-refractivity contribution in [1.29, 1.82) is 0 Å². The summed E-state index contributed by atoms with van der Waals surface area (Å²) >= 11 is 0. The molecule has 1 fully saturated rings. The van der Waals surface area contributed by atoms with Crippen LogP contribution in [0.15, 0.2) is 71.3 Å². The van der Waals surface area contributed by atoms with Gasteiger partial charge in [0.1, 0.15) is 5.82 Å². The van der Waals surface area contributed by atoms with Gasteiger partial charge in [-0.25, -0.2) is 4.39 Å². The van der Waals surface area contributed by atoms with Gasteiger partial charge >= 0.3 is 0 Å². The summed E-state index contributed by atoms with van der Waals surface area (Å²) in [6.07, 6.45) is 1.81. The fraction of sp³-hybridized carbons (Fsp3) is 0.259. The second kappa shape index (κ2) is 10.0. The van der Waals surface area contributed by atoms with Crippen molar-refractivity contribution in [3.05, 3.63) is 84.0 Å². The Labute approximate surface area is 201 Å². The van der Waals surface area contributed by atoms with Gasteiger partial charge in [-0.2, -0.15) is 4.98 Å². The highest BCUT2D eigenvalue weighted by atomic mass is 19.1. The molecule has 1 atom stereocenters. The highest BCUT2D eigenvalue weighted by molar-refractivity contribution is 5.91. The average Bonchev–Trinajstić information content (AvgIpc) is 3.38. The molecule has 5 rings (SSSR count). The first-order chi connectivity index (χ1) is 17.1. The molecule has 178 valence electrons. The summed E-state index contributed by atoms with van der Waals surface area (Å²) in [5, 5.41) is 8.86. The number of amides is 2. The van der Waals surface area contributed by atoms with Crippen LogP contribution in [0.1, 0.15) is 30.2 Å². The number of rotatable bonds is 6. The Balaban J connectivity index is 1.17. The van der Waals surface area contributed by atoms with E-state index < -0.39 is 0 Å². The number of halogens is 1. The summed E-state index contributed by atoms with van der Waals surface area (Å²) in [7, 11) is 0. The minimum absolute atomic E-state index is 0.0608. The maximum atomic E-state index is 13.5. The first-order valence-electron chi connectivity index (χ1n) is 11.7. The number of piperidine rings is 1. The van der Waals surface area contributed by atoms with E-state index in [1.54, 1.807) is 17.0 Å². The summed E-state index contributed by atoms with van der Waals surface area (Å²) in [5.41, 5.74) is 1.47. The number of fused-ring (bicyclic) bond motifs is 1. The van der Waals surface area contributed by atoms with Crippen LogP contribution in [-0.4, -0.2) is 46.5 Å². The number of carbonyl (C=O) groups excluding carboxylic acids is 2. The van der Waals surface area contributed by atoms with Gasteiger partial charge in [-0.3, -0.25) is 9.59 Å². The SMILES string of the molecule is O=C(Cc1cccc2ccccc12)NCC(=O)N1CCCC(c2nc(-c3cccc(F)c3)no2)C1. The minimum atomic E-state index is -0.370. The number of likely N-dealkylation sites (tertiary alicyclic amines) is 1. The first kappa shape index (κ1) is 22.7. The van der Waals surface area contributed by atoms with Gasteiger partial charge < -0.3 is 14.7 Å². The standard InChI is InChI=1S/C27H25FN4O3/c28-22-11-4-9-20(14-22)26-30-27(35-31-26)21-10-5-13-32(17-21)25(34)16-29-24(33)15-19-8-3-7-18-6-1-2-12-23(18)19/h1-4,6-9,11-12,14,21H,5,10,13,15-17H2,(H,29,33). The molecule has 1 saturated heterocycles. The van der Waals surface area contributed by atoms with Crippen LogP contribution in [0.25, 0.3) is 22.2 Å². The molecule has 0 aliphatic carbocycles. The lowest BCUT2D eigenvalue weighted by Crippen LogP contribution is -2.44. The molecule has 4 aromatic rings. The van der Waals surface area contributed by atoms with Crippen LogP contribution in [0.3, 0.4) is 0 Å². The Hall–Kier alpha value is -4.07. The molecule has 0 radical (unpaired) electrons. The van der Waals surface area contributed by atoms with Gasteiger partial charge in [0.25, 0.3) is 0 Å². The van der Waals surface area contributed by atoms with Crippen molar-refractivity contribution in [2.24, 2.45) is 0 Å². The summed E-state index contributed by atoms with van der Waals surface area (Å²) in [5.74, 6) is -0.0594. The van der Waals surface area contributed by atoms with Crippen LogP contribution in [0.4, 0.5) is 4.39 Å². The molecule has 7 nitrogen and oxygen atoms in total. The van der Waals surface area contributed by atoms with Crippen LogP contribution in [0.5, 0.6) is 0 Å². The van der Waals surface area contributed by atoms with Crippen LogP contribution >= 0.6 is 0 Å². The second-order valence-electron chi connectivity index (χ2n) is 8.74. The lowest BCUT2D eigenvalue weighted by molar-refractivity contribution is -0.133. The zero-order valence-electron chi connectivity index (χ0n) is 19.1. The van der Waals surface area contributed by atoms with E-state index in [1.807, 2.05) is 42.5 Å². The predicted molar refractivity (Wildman–Crippen MR) is 129 cm³/mol. The third-order valence-electron chi connectivity index (χ3n) is 6.32. The van der Waals surface area contributed by atoms with Gasteiger partial charge in [0.05, 0.1) is 18.9 Å². The van der Waals surface area contributed by atoms with Crippen molar-refractivity contribution >= 4 is 22.6 Å². The average molecular weight is 473 g/mol. The van der Waals surface area contributed by atoms with E-state index in [2.05, 4.69) is 15.5 Å². The van der Waals surface area contributed by atoms with Crippen molar-refractivity contribution < 1.29 is 18.5 Å². The van der Waals surface area contributed by atoms with E-state index in [0.29, 0.717) is 30.4 Å². The molecule has 1 aliphatic heterocycles. The second-order valence-corrected chi connectivity index (χ2v) is 8.74. The molecule has 2 heterocycles. The van der Waals surface area contributed by atoms with E-state index >= 15 is 0 Å². The third kappa shape index (κ3) is 5.21. The molecule has 8 heteroatoms. The zero-order chi connectivity index (χ0) is 24.2. The molecule has 35 heavy (non-hydrogen) atoms. The fourth-order valence-corrected chi connectivity index (χ4v) is 4.52. The first-order valence-corrected chi connectivity index (χ1v) is 11.7. The lowest BCUT2D eigenvalue weighted by atomic mass is 9.98.